The Morgan fingerprint density at radius 3 is 2.35 bits per heavy atom. The molecule has 7 nitrogen and oxygen atoms in total. The third-order valence-corrected chi connectivity index (χ3v) is 5.38. The van der Waals surface area contributed by atoms with E-state index in [1.807, 2.05) is 42.5 Å². The van der Waals surface area contributed by atoms with Gasteiger partial charge in [-0.2, -0.15) is 14.8 Å². The Labute approximate surface area is 185 Å². The summed E-state index contributed by atoms with van der Waals surface area (Å²) in [5, 5.41) is 9.83. The van der Waals surface area contributed by atoms with Gasteiger partial charge in [-0.25, -0.2) is 0 Å². The van der Waals surface area contributed by atoms with Crippen molar-refractivity contribution in [2.45, 2.75) is 0 Å². The van der Waals surface area contributed by atoms with Gasteiger partial charge < -0.3 is 9.26 Å². The van der Waals surface area contributed by atoms with Gasteiger partial charge in [0.25, 0.3) is 11.4 Å². The van der Waals surface area contributed by atoms with Gasteiger partial charge in [0.05, 0.1) is 18.2 Å². The number of rotatable bonds is 4. The lowest BCUT2D eigenvalue weighted by Crippen LogP contribution is -2.22. The zero-order valence-corrected chi connectivity index (χ0v) is 17.9. The molecule has 152 valence electrons. The maximum atomic E-state index is 13.1. The average molecular weight is 475 g/mol. The van der Waals surface area contributed by atoms with E-state index in [1.54, 1.807) is 37.4 Å². The van der Waals surface area contributed by atoms with Crippen molar-refractivity contribution in [3.63, 3.8) is 0 Å². The maximum Gasteiger partial charge on any atom is 0.279 e. The predicted molar refractivity (Wildman–Crippen MR) is 120 cm³/mol. The lowest BCUT2D eigenvalue weighted by molar-refractivity contribution is 0.414. The molecule has 0 saturated heterocycles. The van der Waals surface area contributed by atoms with Crippen molar-refractivity contribution in [1.29, 1.82) is 0 Å². The van der Waals surface area contributed by atoms with Gasteiger partial charge in [0, 0.05) is 15.4 Å². The molecule has 8 heteroatoms. The van der Waals surface area contributed by atoms with E-state index in [9.17, 15) is 4.79 Å². The summed E-state index contributed by atoms with van der Waals surface area (Å²) in [6.07, 6.45) is 0. The Morgan fingerprint density at radius 1 is 0.935 bits per heavy atom. The zero-order chi connectivity index (χ0) is 21.4. The van der Waals surface area contributed by atoms with Gasteiger partial charge in [0.2, 0.25) is 5.82 Å². The van der Waals surface area contributed by atoms with Gasteiger partial charge in [-0.05, 0) is 54.6 Å². The van der Waals surface area contributed by atoms with E-state index in [0.29, 0.717) is 33.7 Å². The third kappa shape index (κ3) is 3.51. The van der Waals surface area contributed by atoms with Crippen LogP contribution in [0.3, 0.4) is 0 Å². The van der Waals surface area contributed by atoms with Crippen molar-refractivity contribution in [2.24, 2.45) is 0 Å². The highest BCUT2D eigenvalue weighted by atomic mass is 79.9. The van der Waals surface area contributed by atoms with Crippen LogP contribution in [0.2, 0.25) is 0 Å². The first-order valence-corrected chi connectivity index (χ1v) is 10.2. The fourth-order valence-electron chi connectivity index (χ4n) is 3.28. The zero-order valence-electron chi connectivity index (χ0n) is 16.3. The normalized spacial score (nSPS) is 11.0. The van der Waals surface area contributed by atoms with Gasteiger partial charge in [-0.1, -0.05) is 39.3 Å². The summed E-state index contributed by atoms with van der Waals surface area (Å²) >= 11 is 3.42. The molecule has 0 aliphatic rings. The molecule has 0 saturated carbocycles. The summed E-state index contributed by atoms with van der Waals surface area (Å²) in [6.45, 7) is 0. The van der Waals surface area contributed by atoms with Crippen molar-refractivity contribution >= 4 is 26.7 Å². The molecule has 0 N–H and O–H groups in total. The molecule has 0 spiro atoms. The summed E-state index contributed by atoms with van der Waals surface area (Å²) in [6, 6.07) is 21.9. The summed E-state index contributed by atoms with van der Waals surface area (Å²) in [5.74, 6) is 1.36. The lowest BCUT2D eigenvalue weighted by atomic mass is 10.1. The van der Waals surface area contributed by atoms with Crippen LogP contribution in [0.25, 0.3) is 39.4 Å². The van der Waals surface area contributed by atoms with Crippen LogP contribution >= 0.6 is 15.9 Å². The third-order valence-electron chi connectivity index (χ3n) is 4.85. The molecule has 5 aromatic rings. The van der Waals surface area contributed by atoms with Gasteiger partial charge in [-0.15, -0.1) is 0 Å². The number of hydrogen-bond acceptors (Lipinski definition) is 6. The van der Waals surface area contributed by atoms with E-state index in [1.165, 1.54) is 4.68 Å². The molecule has 31 heavy (non-hydrogen) atoms. The van der Waals surface area contributed by atoms with Crippen molar-refractivity contribution in [1.82, 2.24) is 19.9 Å². The minimum atomic E-state index is -0.239. The molecule has 2 heterocycles. The fraction of sp³-hybridized carbons (Fsp3) is 0.0435. The highest BCUT2D eigenvalue weighted by molar-refractivity contribution is 9.10. The SMILES string of the molecule is COc1ccc(-n2nc(-c3nc(-c4ccc(Br)cc4)no3)c3ccccc3c2=O)cc1. The Bertz CT molecular complexity index is 1440. The van der Waals surface area contributed by atoms with Crippen LogP contribution < -0.4 is 10.3 Å². The molecule has 0 unspecified atom stereocenters. The summed E-state index contributed by atoms with van der Waals surface area (Å²) in [7, 11) is 1.59. The predicted octanol–water partition coefficient (Wildman–Crippen LogP) is 4.87. The largest absolute Gasteiger partial charge is 0.497 e. The van der Waals surface area contributed by atoms with E-state index < -0.39 is 0 Å². The van der Waals surface area contributed by atoms with E-state index >= 15 is 0 Å². The van der Waals surface area contributed by atoms with Crippen molar-refractivity contribution in [2.75, 3.05) is 7.11 Å². The maximum absolute atomic E-state index is 13.1. The summed E-state index contributed by atoms with van der Waals surface area (Å²) < 4.78 is 13.0. The van der Waals surface area contributed by atoms with Gasteiger partial charge in [0.1, 0.15) is 5.75 Å². The Balaban J connectivity index is 1.69. The molecule has 0 fully saturated rings. The Hall–Kier alpha value is -3.78. The number of nitrogens with zero attached hydrogens (tertiary/aromatic N) is 4. The van der Waals surface area contributed by atoms with Crippen molar-refractivity contribution in [3.05, 3.63) is 87.6 Å². The highest BCUT2D eigenvalue weighted by Crippen LogP contribution is 2.27. The van der Waals surface area contributed by atoms with Crippen LogP contribution in [0.4, 0.5) is 0 Å². The van der Waals surface area contributed by atoms with Crippen LogP contribution in [0.5, 0.6) is 5.75 Å². The quantitative estimate of drug-likeness (QED) is 0.369. The van der Waals surface area contributed by atoms with Gasteiger partial charge in [0.15, 0.2) is 5.69 Å². The first-order valence-electron chi connectivity index (χ1n) is 9.40. The van der Waals surface area contributed by atoms with Crippen molar-refractivity contribution in [3.8, 4) is 34.4 Å². The second kappa shape index (κ2) is 7.81. The minimum absolute atomic E-state index is 0.233. The molecule has 0 aliphatic carbocycles. The molecule has 3 aromatic carbocycles. The highest BCUT2D eigenvalue weighted by Gasteiger charge is 2.19. The number of halogens is 1. The molecule has 5 rings (SSSR count). The van der Waals surface area contributed by atoms with Crippen LogP contribution in [0.15, 0.2) is 86.6 Å². The van der Waals surface area contributed by atoms with Gasteiger partial charge in [-0.3, -0.25) is 4.79 Å². The molecule has 0 bridgehead atoms. The molecule has 2 aromatic heterocycles. The first kappa shape index (κ1) is 19.2. The number of methoxy groups -OCH3 is 1. The molecule has 0 atom stereocenters. The monoisotopic (exact) mass is 474 g/mol. The summed E-state index contributed by atoms with van der Waals surface area (Å²) in [5.41, 5.74) is 1.61. The smallest absolute Gasteiger partial charge is 0.279 e. The first-order chi connectivity index (χ1) is 15.1. The molecule has 0 amide bonds. The van der Waals surface area contributed by atoms with Crippen LogP contribution in [0.1, 0.15) is 0 Å². The van der Waals surface area contributed by atoms with Crippen molar-refractivity contribution < 1.29 is 9.26 Å². The second-order valence-electron chi connectivity index (χ2n) is 6.74. The number of aromatic nitrogens is 4. The standard InChI is InChI=1S/C23H15BrN4O3/c1-30-17-12-10-16(11-13-17)28-23(29)19-5-3-2-4-18(19)20(26-28)22-25-21(27-31-22)14-6-8-15(24)9-7-14/h2-13H,1H3. The molecular weight excluding hydrogens is 460 g/mol. The minimum Gasteiger partial charge on any atom is -0.497 e. The van der Waals surface area contributed by atoms with Crippen LogP contribution in [-0.4, -0.2) is 27.0 Å². The summed E-state index contributed by atoms with van der Waals surface area (Å²) in [4.78, 5) is 17.7. The Morgan fingerprint density at radius 2 is 1.65 bits per heavy atom. The number of fused-ring (bicyclic) bond motifs is 1. The fourth-order valence-corrected chi connectivity index (χ4v) is 3.55. The average Bonchev–Trinajstić information content (AvgIpc) is 3.30. The number of benzene rings is 3. The number of ether oxygens (including phenoxy) is 1. The van der Waals surface area contributed by atoms with E-state index in [0.717, 1.165) is 10.0 Å². The second-order valence-corrected chi connectivity index (χ2v) is 7.65. The lowest BCUT2D eigenvalue weighted by Gasteiger charge is -2.09. The molecular formula is C23H15BrN4O3. The Kier molecular flexibility index (Phi) is 4.83. The van der Waals surface area contributed by atoms with E-state index in [-0.39, 0.29) is 11.4 Å². The van der Waals surface area contributed by atoms with E-state index in [2.05, 4.69) is 31.2 Å². The molecule has 0 aliphatic heterocycles. The molecule has 0 radical (unpaired) electrons. The number of hydrogen-bond donors (Lipinski definition) is 0. The van der Waals surface area contributed by atoms with Crippen LogP contribution in [0, 0.1) is 0 Å². The van der Waals surface area contributed by atoms with E-state index in [4.69, 9.17) is 9.26 Å². The van der Waals surface area contributed by atoms with Crippen LogP contribution in [-0.2, 0) is 0 Å². The van der Waals surface area contributed by atoms with Gasteiger partial charge >= 0.3 is 0 Å². The topological polar surface area (TPSA) is 83.0 Å².